The summed E-state index contributed by atoms with van der Waals surface area (Å²) in [7, 11) is 1.85. The van der Waals surface area contributed by atoms with E-state index in [0.717, 1.165) is 32.0 Å². The molecule has 0 amide bonds. The first-order valence-electron chi connectivity index (χ1n) is 8.47. The van der Waals surface area contributed by atoms with Gasteiger partial charge in [-0.2, -0.15) is 0 Å². The number of nitrogens with zero attached hydrogens (tertiary/aromatic N) is 2. The highest BCUT2D eigenvalue weighted by Crippen LogP contribution is 2.13. The van der Waals surface area contributed by atoms with Gasteiger partial charge in [-0.15, -0.1) is 11.3 Å². The summed E-state index contributed by atoms with van der Waals surface area (Å²) in [6.45, 7) is 7.84. The van der Waals surface area contributed by atoms with Gasteiger partial charge in [0.1, 0.15) is 0 Å². The molecule has 1 unspecified atom stereocenters. The SMILES string of the molecule is CN=C(NCCN1CCCCC1)NCC(C)Cc1cccs1. The molecule has 1 aromatic heterocycles. The summed E-state index contributed by atoms with van der Waals surface area (Å²) < 4.78 is 0. The Morgan fingerprint density at radius 3 is 2.82 bits per heavy atom. The molecule has 1 aliphatic heterocycles. The number of nitrogens with one attached hydrogen (secondary N) is 2. The first kappa shape index (κ1) is 17.3. The molecule has 0 bridgehead atoms. The predicted octanol–water partition coefficient (Wildman–Crippen LogP) is 2.58. The van der Waals surface area contributed by atoms with Crippen molar-refractivity contribution in [1.29, 1.82) is 0 Å². The Morgan fingerprint density at radius 1 is 1.32 bits per heavy atom. The molecule has 22 heavy (non-hydrogen) atoms. The van der Waals surface area contributed by atoms with Crippen molar-refractivity contribution in [2.45, 2.75) is 32.6 Å². The standard InChI is InChI=1S/C17H30N4S/c1-15(13-16-7-6-12-22-16)14-20-17(18-2)19-8-11-21-9-4-3-5-10-21/h6-7,12,15H,3-5,8-11,13-14H2,1-2H3,(H2,18,19,20). The third kappa shape index (κ3) is 6.36. The van der Waals surface area contributed by atoms with Crippen LogP contribution in [0.25, 0.3) is 0 Å². The van der Waals surface area contributed by atoms with Crippen LogP contribution < -0.4 is 10.6 Å². The molecule has 1 fully saturated rings. The van der Waals surface area contributed by atoms with Crippen molar-refractivity contribution in [2.24, 2.45) is 10.9 Å². The second-order valence-corrected chi connectivity index (χ2v) is 7.20. The van der Waals surface area contributed by atoms with Gasteiger partial charge in [-0.05, 0) is 49.7 Å². The van der Waals surface area contributed by atoms with Crippen LogP contribution in [0.2, 0.25) is 0 Å². The highest BCUT2D eigenvalue weighted by molar-refractivity contribution is 7.09. The third-order valence-electron chi connectivity index (χ3n) is 4.14. The van der Waals surface area contributed by atoms with E-state index in [9.17, 15) is 0 Å². The van der Waals surface area contributed by atoms with E-state index in [4.69, 9.17) is 0 Å². The van der Waals surface area contributed by atoms with Gasteiger partial charge < -0.3 is 15.5 Å². The number of piperidine rings is 1. The van der Waals surface area contributed by atoms with E-state index in [-0.39, 0.29) is 0 Å². The van der Waals surface area contributed by atoms with Crippen LogP contribution in [0, 0.1) is 5.92 Å². The van der Waals surface area contributed by atoms with Gasteiger partial charge >= 0.3 is 0 Å². The molecule has 0 aliphatic carbocycles. The summed E-state index contributed by atoms with van der Waals surface area (Å²) in [5.41, 5.74) is 0. The minimum absolute atomic E-state index is 0.610. The molecule has 0 saturated carbocycles. The quantitative estimate of drug-likeness (QED) is 0.599. The van der Waals surface area contributed by atoms with Gasteiger partial charge in [-0.3, -0.25) is 4.99 Å². The molecule has 2 heterocycles. The van der Waals surface area contributed by atoms with Crippen molar-refractivity contribution in [3.05, 3.63) is 22.4 Å². The number of thiophene rings is 1. The summed E-state index contributed by atoms with van der Waals surface area (Å²) in [6, 6.07) is 4.34. The van der Waals surface area contributed by atoms with Crippen molar-refractivity contribution >= 4 is 17.3 Å². The summed E-state index contributed by atoms with van der Waals surface area (Å²) in [5.74, 6) is 1.54. The molecule has 1 atom stereocenters. The van der Waals surface area contributed by atoms with E-state index in [0.29, 0.717) is 5.92 Å². The lowest BCUT2D eigenvalue weighted by Crippen LogP contribution is -2.43. The fourth-order valence-electron chi connectivity index (χ4n) is 2.85. The van der Waals surface area contributed by atoms with Gasteiger partial charge in [0, 0.05) is 31.6 Å². The summed E-state index contributed by atoms with van der Waals surface area (Å²) in [4.78, 5) is 8.32. The normalized spacial score (nSPS) is 18.2. The van der Waals surface area contributed by atoms with Crippen LogP contribution in [0.15, 0.2) is 22.5 Å². The lowest BCUT2D eigenvalue weighted by atomic mass is 10.1. The van der Waals surface area contributed by atoms with Gasteiger partial charge in [0.2, 0.25) is 0 Å². The highest BCUT2D eigenvalue weighted by atomic mass is 32.1. The largest absolute Gasteiger partial charge is 0.356 e. The van der Waals surface area contributed by atoms with Gasteiger partial charge in [-0.25, -0.2) is 0 Å². The molecular weight excluding hydrogens is 292 g/mol. The Morgan fingerprint density at radius 2 is 2.14 bits per heavy atom. The Bertz CT molecular complexity index is 424. The maximum absolute atomic E-state index is 4.32. The Kier molecular flexibility index (Phi) is 7.74. The van der Waals surface area contributed by atoms with E-state index < -0.39 is 0 Å². The molecule has 5 heteroatoms. The van der Waals surface area contributed by atoms with Crippen molar-refractivity contribution in [2.75, 3.05) is 39.8 Å². The number of guanidine groups is 1. The molecule has 1 aliphatic rings. The molecule has 0 radical (unpaired) electrons. The molecule has 0 spiro atoms. The fraction of sp³-hybridized carbons (Fsp3) is 0.706. The van der Waals surface area contributed by atoms with Crippen molar-refractivity contribution in [3.63, 3.8) is 0 Å². The topological polar surface area (TPSA) is 39.7 Å². The Balaban J connectivity index is 1.60. The zero-order chi connectivity index (χ0) is 15.6. The summed E-state index contributed by atoms with van der Waals surface area (Å²) in [5, 5.41) is 9.02. The number of hydrogen-bond acceptors (Lipinski definition) is 3. The Labute approximate surface area is 139 Å². The maximum Gasteiger partial charge on any atom is 0.191 e. The summed E-state index contributed by atoms with van der Waals surface area (Å²) >= 11 is 1.84. The van der Waals surface area contributed by atoms with Crippen molar-refractivity contribution < 1.29 is 0 Å². The maximum atomic E-state index is 4.32. The monoisotopic (exact) mass is 322 g/mol. The van der Waals surface area contributed by atoms with Crippen LogP contribution in [0.3, 0.4) is 0 Å². The molecule has 1 aromatic rings. The summed E-state index contributed by atoms with van der Waals surface area (Å²) in [6.07, 6.45) is 5.24. The molecule has 1 saturated heterocycles. The van der Waals surface area contributed by atoms with Crippen LogP contribution >= 0.6 is 11.3 Å². The lowest BCUT2D eigenvalue weighted by molar-refractivity contribution is 0.232. The molecule has 124 valence electrons. The highest BCUT2D eigenvalue weighted by Gasteiger charge is 2.10. The van der Waals surface area contributed by atoms with Crippen LogP contribution in [0.1, 0.15) is 31.1 Å². The average molecular weight is 323 g/mol. The molecule has 2 rings (SSSR count). The van der Waals surface area contributed by atoms with E-state index >= 15 is 0 Å². The van der Waals surface area contributed by atoms with Crippen LogP contribution in [0.4, 0.5) is 0 Å². The predicted molar refractivity (Wildman–Crippen MR) is 96.8 cm³/mol. The van der Waals surface area contributed by atoms with Crippen molar-refractivity contribution in [1.82, 2.24) is 15.5 Å². The van der Waals surface area contributed by atoms with Gasteiger partial charge in [0.25, 0.3) is 0 Å². The zero-order valence-electron chi connectivity index (χ0n) is 14.0. The van der Waals surface area contributed by atoms with Crippen LogP contribution in [0.5, 0.6) is 0 Å². The van der Waals surface area contributed by atoms with E-state index in [1.807, 2.05) is 18.4 Å². The fourth-order valence-corrected chi connectivity index (χ4v) is 3.72. The van der Waals surface area contributed by atoms with Crippen LogP contribution in [-0.4, -0.2) is 50.6 Å². The second-order valence-electron chi connectivity index (χ2n) is 6.17. The first-order valence-corrected chi connectivity index (χ1v) is 9.35. The average Bonchev–Trinajstić information content (AvgIpc) is 3.04. The van der Waals surface area contributed by atoms with Crippen molar-refractivity contribution in [3.8, 4) is 0 Å². The number of aliphatic imine (C=N–C) groups is 1. The third-order valence-corrected chi connectivity index (χ3v) is 5.04. The molecule has 0 aromatic carbocycles. The minimum atomic E-state index is 0.610. The first-order chi connectivity index (χ1) is 10.8. The van der Waals surface area contributed by atoms with E-state index in [2.05, 4.69) is 45.0 Å². The molecular formula is C17H30N4S. The smallest absolute Gasteiger partial charge is 0.191 e. The van der Waals surface area contributed by atoms with E-state index in [1.165, 1.54) is 37.2 Å². The second kappa shape index (κ2) is 9.85. The number of hydrogen-bond donors (Lipinski definition) is 2. The number of rotatable bonds is 7. The van der Waals surface area contributed by atoms with Crippen LogP contribution in [-0.2, 0) is 6.42 Å². The molecule has 4 nitrogen and oxygen atoms in total. The Hall–Kier alpha value is -1.07. The lowest BCUT2D eigenvalue weighted by Gasteiger charge is -2.26. The van der Waals surface area contributed by atoms with Gasteiger partial charge in [0.15, 0.2) is 5.96 Å². The van der Waals surface area contributed by atoms with Gasteiger partial charge in [0.05, 0.1) is 0 Å². The molecule has 2 N–H and O–H groups in total. The van der Waals surface area contributed by atoms with E-state index in [1.54, 1.807) is 0 Å². The number of likely N-dealkylation sites (tertiary alicyclic amines) is 1. The minimum Gasteiger partial charge on any atom is -0.356 e. The zero-order valence-corrected chi connectivity index (χ0v) is 14.8. The van der Waals surface area contributed by atoms with Gasteiger partial charge in [-0.1, -0.05) is 19.4 Å².